The van der Waals surface area contributed by atoms with Crippen LogP contribution in [0.3, 0.4) is 0 Å². The van der Waals surface area contributed by atoms with Gasteiger partial charge >= 0.3 is 0 Å². The van der Waals surface area contributed by atoms with E-state index in [1.165, 1.54) is 27.8 Å². The standard InChI is InChI=1S/C21H20O/c1-15-9-10-20(21(13-15)22-3)19-12-16(2)11-18(14-19)17-7-5-4-6-8-17/h4-14H,1-3H3. The minimum absolute atomic E-state index is 0.921. The molecule has 0 saturated carbocycles. The average Bonchev–Trinajstić information content (AvgIpc) is 2.55. The smallest absolute Gasteiger partial charge is 0.126 e. The maximum Gasteiger partial charge on any atom is 0.126 e. The minimum atomic E-state index is 0.921. The van der Waals surface area contributed by atoms with Gasteiger partial charge in [-0.1, -0.05) is 54.6 Å². The van der Waals surface area contributed by atoms with Crippen LogP contribution in [0.4, 0.5) is 0 Å². The van der Waals surface area contributed by atoms with Gasteiger partial charge in [-0.05, 0) is 53.8 Å². The molecule has 0 fully saturated rings. The molecule has 0 amide bonds. The van der Waals surface area contributed by atoms with Crippen LogP contribution in [0.2, 0.25) is 0 Å². The highest BCUT2D eigenvalue weighted by atomic mass is 16.5. The topological polar surface area (TPSA) is 9.23 Å². The predicted octanol–water partition coefficient (Wildman–Crippen LogP) is 5.65. The van der Waals surface area contributed by atoms with Crippen LogP contribution in [-0.4, -0.2) is 7.11 Å². The highest BCUT2D eigenvalue weighted by Crippen LogP contribution is 2.34. The van der Waals surface area contributed by atoms with E-state index in [0.29, 0.717) is 0 Å². The second kappa shape index (κ2) is 6.07. The lowest BCUT2D eigenvalue weighted by Crippen LogP contribution is -1.90. The number of benzene rings is 3. The summed E-state index contributed by atoms with van der Waals surface area (Å²) in [5.41, 5.74) is 7.25. The predicted molar refractivity (Wildman–Crippen MR) is 93.3 cm³/mol. The van der Waals surface area contributed by atoms with Gasteiger partial charge in [0.1, 0.15) is 5.75 Å². The molecule has 0 unspecified atom stereocenters. The molecule has 110 valence electrons. The Morgan fingerprint density at radius 3 is 2.09 bits per heavy atom. The second-order valence-electron chi connectivity index (χ2n) is 5.66. The summed E-state index contributed by atoms with van der Waals surface area (Å²) in [7, 11) is 1.73. The summed E-state index contributed by atoms with van der Waals surface area (Å²) in [6, 6.07) is 23.5. The zero-order valence-electron chi connectivity index (χ0n) is 13.3. The van der Waals surface area contributed by atoms with Crippen LogP contribution in [0.5, 0.6) is 5.75 Å². The third-order valence-electron chi connectivity index (χ3n) is 3.85. The number of methoxy groups -OCH3 is 1. The molecule has 0 atom stereocenters. The summed E-state index contributed by atoms with van der Waals surface area (Å²) < 4.78 is 5.57. The van der Waals surface area contributed by atoms with Crippen molar-refractivity contribution < 1.29 is 4.74 Å². The fraction of sp³-hybridized carbons (Fsp3) is 0.143. The number of rotatable bonds is 3. The lowest BCUT2D eigenvalue weighted by molar-refractivity contribution is 0.416. The van der Waals surface area contributed by atoms with Crippen LogP contribution < -0.4 is 4.74 Å². The molecule has 0 aliphatic carbocycles. The molecule has 0 aliphatic heterocycles. The molecule has 3 aromatic rings. The number of aryl methyl sites for hydroxylation is 2. The molecule has 0 aromatic heterocycles. The van der Waals surface area contributed by atoms with E-state index in [-0.39, 0.29) is 0 Å². The van der Waals surface area contributed by atoms with E-state index in [1.807, 2.05) is 6.07 Å². The quantitative estimate of drug-likeness (QED) is 0.605. The second-order valence-corrected chi connectivity index (χ2v) is 5.66. The molecule has 0 aliphatic rings. The SMILES string of the molecule is COc1cc(C)ccc1-c1cc(C)cc(-c2ccccc2)c1. The molecular weight excluding hydrogens is 268 g/mol. The van der Waals surface area contributed by atoms with E-state index in [9.17, 15) is 0 Å². The first-order valence-corrected chi connectivity index (χ1v) is 7.49. The van der Waals surface area contributed by atoms with Gasteiger partial charge in [-0.3, -0.25) is 0 Å². The number of hydrogen-bond donors (Lipinski definition) is 0. The molecule has 0 N–H and O–H groups in total. The van der Waals surface area contributed by atoms with E-state index in [1.54, 1.807) is 7.11 Å². The van der Waals surface area contributed by atoms with Gasteiger partial charge in [0.25, 0.3) is 0 Å². The van der Waals surface area contributed by atoms with Crippen molar-refractivity contribution in [2.24, 2.45) is 0 Å². The minimum Gasteiger partial charge on any atom is -0.496 e. The van der Waals surface area contributed by atoms with Gasteiger partial charge in [-0.15, -0.1) is 0 Å². The van der Waals surface area contributed by atoms with Crippen molar-refractivity contribution in [1.82, 2.24) is 0 Å². The Morgan fingerprint density at radius 1 is 0.636 bits per heavy atom. The van der Waals surface area contributed by atoms with Gasteiger partial charge < -0.3 is 4.74 Å². The maximum absolute atomic E-state index is 5.57. The molecular formula is C21H20O. The lowest BCUT2D eigenvalue weighted by Gasteiger charge is -2.12. The highest BCUT2D eigenvalue weighted by molar-refractivity contribution is 5.77. The summed E-state index contributed by atoms with van der Waals surface area (Å²) >= 11 is 0. The van der Waals surface area contributed by atoms with E-state index >= 15 is 0 Å². The lowest BCUT2D eigenvalue weighted by atomic mass is 9.95. The Hall–Kier alpha value is -2.54. The van der Waals surface area contributed by atoms with E-state index in [0.717, 1.165) is 11.3 Å². The summed E-state index contributed by atoms with van der Waals surface area (Å²) in [5, 5.41) is 0. The molecule has 22 heavy (non-hydrogen) atoms. The van der Waals surface area contributed by atoms with E-state index < -0.39 is 0 Å². The maximum atomic E-state index is 5.57. The Labute approximate surface area is 132 Å². The van der Waals surface area contributed by atoms with Gasteiger partial charge in [0.05, 0.1) is 7.11 Å². The monoisotopic (exact) mass is 288 g/mol. The molecule has 1 heteroatoms. The Balaban J connectivity index is 2.15. The first kappa shape index (κ1) is 14.4. The van der Waals surface area contributed by atoms with Crippen molar-refractivity contribution in [2.45, 2.75) is 13.8 Å². The fourth-order valence-electron chi connectivity index (χ4n) is 2.77. The van der Waals surface area contributed by atoms with Crippen LogP contribution in [0, 0.1) is 13.8 Å². The average molecular weight is 288 g/mol. The zero-order valence-corrected chi connectivity index (χ0v) is 13.3. The summed E-state index contributed by atoms with van der Waals surface area (Å²) in [6.07, 6.45) is 0. The molecule has 0 heterocycles. The molecule has 1 nitrogen and oxygen atoms in total. The summed E-state index contributed by atoms with van der Waals surface area (Å²) in [5.74, 6) is 0.921. The molecule has 3 rings (SSSR count). The van der Waals surface area contributed by atoms with Crippen molar-refractivity contribution in [1.29, 1.82) is 0 Å². The van der Waals surface area contributed by atoms with Crippen LogP contribution in [-0.2, 0) is 0 Å². The highest BCUT2D eigenvalue weighted by Gasteiger charge is 2.08. The number of hydrogen-bond acceptors (Lipinski definition) is 1. The van der Waals surface area contributed by atoms with Gasteiger partial charge in [0.2, 0.25) is 0 Å². The van der Waals surface area contributed by atoms with Crippen molar-refractivity contribution >= 4 is 0 Å². The fourth-order valence-corrected chi connectivity index (χ4v) is 2.77. The first-order valence-electron chi connectivity index (χ1n) is 7.49. The largest absolute Gasteiger partial charge is 0.496 e. The van der Waals surface area contributed by atoms with Crippen molar-refractivity contribution in [3.63, 3.8) is 0 Å². The van der Waals surface area contributed by atoms with Gasteiger partial charge in [-0.2, -0.15) is 0 Å². The normalized spacial score (nSPS) is 10.5. The van der Waals surface area contributed by atoms with Crippen LogP contribution in [0.1, 0.15) is 11.1 Å². The first-order chi connectivity index (χ1) is 10.7. The Morgan fingerprint density at radius 2 is 1.36 bits per heavy atom. The van der Waals surface area contributed by atoms with Gasteiger partial charge in [-0.25, -0.2) is 0 Å². The molecule has 0 bridgehead atoms. The summed E-state index contributed by atoms with van der Waals surface area (Å²) in [6.45, 7) is 4.22. The zero-order chi connectivity index (χ0) is 15.5. The van der Waals surface area contributed by atoms with E-state index in [4.69, 9.17) is 4.74 Å². The summed E-state index contributed by atoms with van der Waals surface area (Å²) in [4.78, 5) is 0. The van der Waals surface area contributed by atoms with Crippen LogP contribution in [0.15, 0.2) is 66.7 Å². The molecule has 3 aromatic carbocycles. The van der Waals surface area contributed by atoms with Crippen molar-refractivity contribution in [3.05, 3.63) is 77.9 Å². The third kappa shape index (κ3) is 2.89. The van der Waals surface area contributed by atoms with Crippen LogP contribution in [0.25, 0.3) is 22.3 Å². The molecule has 0 saturated heterocycles. The van der Waals surface area contributed by atoms with E-state index in [2.05, 4.69) is 74.5 Å². The Kier molecular flexibility index (Phi) is 3.97. The van der Waals surface area contributed by atoms with Gasteiger partial charge in [0, 0.05) is 5.56 Å². The third-order valence-corrected chi connectivity index (χ3v) is 3.85. The Bertz CT molecular complexity index is 788. The van der Waals surface area contributed by atoms with Crippen molar-refractivity contribution in [2.75, 3.05) is 7.11 Å². The number of ether oxygens (including phenoxy) is 1. The van der Waals surface area contributed by atoms with Crippen LogP contribution >= 0.6 is 0 Å². The molecule has 0 spiro atoms. The van der Waals surface area contributed by atoms with Gasteiger partial charge in [0.15, 0.2) is 0 Å². The molecule has 0 radical (unpaired) electrons. The van der Waals surface area contributed by atoms with Crippen molar-refractivity contribution in [3.8, 4) is 28.0 Å².